The summed E-state index contributed by atoms with van der Waals surface area (Å²) in [5.74, 6) is -0.630. The van der Waals surface area contributed by atoms with E-state index in [-0.39, 0.29) is 29.7 Å². The molecule has 3 N–H and O–H groups in total. The minimum atomic E-state index is -0.561. The highest BCUT2D eigenvalue weighted by Gasteiger charge is 2.39. The van der Waals surface area contributed by atoms with Crippen LogP contribution in [0.1, 0.15) is 42.7 Å². The predicted molar refractivity (Wildman–Crippen MR) is 128 cm³/mol. The summed E-state index contributed by atoms with van der Waals surface area (Å²) >= 11 is 6.08. The lowest BCUT2D eigenvalue weighted by molar-refractivity contribution is 0.0516. The SMILES string of the molecule is CCOC(=O)c1nn(CCNc2ccnc3cc(Cl)ccc23)c2c1C(C(C)C)C(C#N)=C(N)O2. The number of nitrogens with zero attached hydrogens (tertiary/aromatic N) is 4. The minimum absolute atomic E-state index is 0.0187. The van der Waals surface area contributed by atoms with Gasteiger partial charge in [0.05, 0.1) is 29.8 Å². The van der Waals surface area contributed by atoms with Crippen LogP contribution >= 0.6 is 11.6 Å². The van der Waals surface area contributed by atoms with Crippen molar-refractivity contribution in [3.05, 3.63) is 58.2 Å². The van der Waals surface area contributed by atoms with E-state index >= 15 is 0 Å². The predicted octanol–water partition coefficient (Wildman–Crippen LogP) is 4.20. The average molecular weight is 481 g/mol. The molecular formula is C24H25ClN6O3. The van der Waals surface area contributed by atoms with E-state index in [9.17, 15) is 10.1 Å². The smallest absolute Gasteiger partial charge is 0.359 e. The van der Waals surface area contributed by atoms with Gasteiger partial charge in [0, 0.05) is 34.8 Å². The van der Waals surface area contributed by atoms with Gasteiger partial charge in [-0.25, -0.2) is 9.48 Å². The number of rotatable bonds is 7. The van der Waals surface area contributed by atoms with Crippen LogP contribution in [0.4, 0.5) is 5.69 Å². The molecule has 3 heterocycles. The molecule has 4 rings (SSSR count). The summed E-state index contributed by atoms with van der Waals surface area (Å²) in [6.07, 6.45) is 1.71. The average Bonchev–Trinajstić information content (AvgIpc) is 3.16. The lowest BCUT2D eigenvalue weighted by Crippen LogP contribution is -2.25. The fourth-order valence-corrected chi connectivity index (χ4v) is 4.34. The van der Waals surface area contributed by atoms with E-state index in [0.29, 0.717) is 29.6 Å². The Balaban J connectivity index is 1.66. The second-order valence-electron chi connectivity index (χ2n) is 8.17. The molecule has 0 spiro atoms. The van der Waals surface area contributed by atoms with Gasteiger partial charge in [0.15, 0.2) is 5.69 Å². The van der Waals surface area contributed by atoms with Gasteiger partial charge in [0.25, 0.3) is 0 Å². The first-order valence-corrected chi connectivity index (χ1v) is 11.4. The van der Waals surface area contributed by atoms with Crippen LogP contribution in [0, 0.1) is 17.2 Å². The van der Waals surface area contributed by atoms with Gasteiger partial charge in [-0.05, 0) is 37.1 Å². The Morgan fingerprint density at radius 3 is 2.91 bits per heavy atom. The highest BCUT2D eigenvalue weighted by molar-refractivity contribution is 6.31. The lowest BCUT2D eigenvalue weighted by atomic mass is 9.81. The van der Waals surface area contributed by atoms with Crippen molar-refractivity contribution < 1.29 is 14.3 Å². The van der Waals surface area contributed by atoms with Crippen molar-refractivity contribution in [1.29, 1.82) is 5.26 Å². The molecule has 1 aliphatic heterocycles. The van der Waals surface area contributed by atoms with Crippen LogP contribution in [0.5, 0.6) is 5.88 Å². The van der Waals surface area contributed by atoms with E-state index in [2.05, 4.69) is 21.5 Å². The van der Waals surface area contributed by atoms with Crippen LogP contribution in [-0.2, 0) is 11.3 Å². The molecule has 0 radical (unpaired) electrons. The van der Waals surface area contributed by atoms with Crippen LogP contribution in [0.3, 0.4) is 0 Å². The number of ether oxygens (including phenoxy) is 2. The highest BCUT2D eigenvalue weighted by Crippen LogP contribution is 2.44. The number of halogens is 1. The summed E-state index contributed by atoms with van der Waals surface area (Å²) < 4.78 is 12.6. The normalized spacial score (nSPS) is 15.1. The molecule has 2 aromatic heterocycles. The molecule has 1 unspecified atom stereocenters. The maximum atomic E-state index is 12.7. The van der Waals surface area contributed by atoms with Crippen LogP contribution in [0.2, 0.25) is 5.02 Å². The second kappa shape index (κ2) is 9.61. The summed E-state index contributed by atoms with van der Waals surface area (Å²) in [5, 5.41) is 19.1. The first-order chi connectivity index (χ1) is 16.3. The molecule has 0 saturated carbocycles. The number of hydrogen-bond donors (Lipinski definition) is 2. The molecule has 1 aromatic carbocycles. The number of benzene rings is 1. The highest BCUT2D eigenvalue weighted by atomic mass is 35.5. The number of fused-ring (bicyclic) bond motifs is 2. The molecule has 0 saturated heterocycles. The van der Waals surface area contributed by atoms with Crippen LogP contribution in [-0.4, -0.2) is 33.9 Å². The van der Waals surface area contributed by atoms with Crippen LogP contribution in [0.25, 0.3) is 10.9 Å². The topological polar surface area (TPSA) is 128 Å². The Morgan fingerprint density at radius 1 is 1.41 bits per heavy atom. The maximum absolute atomic E-state index is 12.7. The second-order valence-corrected chi connectivity index (χ2v) is 8.61. The third-order valence-corrected chi connectivity index (χ3v) is 5.87. The van der Waals surface area contributed by atoms with Crippen molar-refractivity contribution in [3.63, 3.8) is 0 Å². The summed E-state index contributed by atoms with van der Waals surface area (Å²) in [6, 6.07) is 9.54. The van der Waals surface area contributed by atoms with Gasteiger partial charge in [0.2, 0.25) is 11.8 Å². The Bertz CT molecular complexity index is 1320. The van der Waals surface area contributed by atoms with Gasteiger partial charge in [-0.15, -0.1) is 0 Å². The molecule has 9 nitrogen and oxygen atoms in total. The minimum Gasteiger partial charge on any atom is -0.461 e. The number of nitriles is 1. The fraction of sp³-hybridized carbons (Fsp3) is 0.333. The Hall–Kier alpha value is -3.77. The zero-order valence-electron chi connectivity index (χ0n) is 19.1. The lowest BCUT2D eigenvalue weighted by Gasteiger charge is -2.27. The zero-order valence-corrected chi connectivity index (χ0v) is 19.9. The standard InChI is InChI=1S/C24H25ClN6O3/c1-4-33-24(32)21-20-19(13(2)3)16(12-26)22(27)34-23(20)31(30-21)10-9-29-17-7-8-28-18-11-14(25)5-6-15(17)18/h5-8,11,13,19H,4,9-10,27H2,1-3H3,(H,28,29). The number of hydrogen-bond acceptors (Lipinski definition) is 8. The monoisotopic (exact) mass is 480 g/mol. The van der Waals surface area contributed by atoms with E-state index < -0.39 is 11.9 Å². The van der Waals surface area contributed by atoms with Gasteiger partial charge in [0.1, 0.15) is 6.07 Å². The molecule has 0 aliphatic carbocycles. The summed E-state index contributed by atoms with van der Waals surface area (Å²) in [6.45, 7) is 6.70. The Kier molecular flexibility index (Phi) is 6.61. The molecule has 0 amide bonds. The van der Waals surface area contributed by atoms with Crippen molar-refractivity contribution in [2.45, 2.75) is 33.2 Å². The van der Waals surface area contributed by atoms with Crippen molar-refractivity contribution in [2.75, 3.05) is 18.5 Å². The molecule has 1 aliphatic rings. The maximum Gasteiger partial charge on any atom is 0.359 e. The number of nitrogens with two attached hydrogens (primary N) is 1. The number of pyridine rings is 1. The summed E-state index contributed by atoms with van der Waals surface area (Å²) in [5.41, 5.74) is 8.71. The number of aromatic nitrogens is 3. The molecule has 0 bridgehead atoms. The van der Waals surface area contributed by atoms with Gasteiger partial charge < -0.3 is 20.5 Å². The number of carbonyl (C=O) groups is 1. The van der Waals surface area contributed by atoms with Crippen molar-refractivity contribution in [1.82, 2.24) is 14.8 Å². The van der Waals surface area contributed by atoms with Gasteiger partial charge in [-0.3, -0.25) is 4.98 Å². The molecule has 0 fully saturated rings. The first-order valence-electron chi connectivity index (χ1n) is 11.0. The molecule has 34 heavy (non-hydrogen) atoms. The first kappa shape index (κ1) is 23.4. The number of carbonyl (C=O) groups excluding carboxylic acids is 1. The Labute approximate surface area is 202 Å². The van der Waals surface area contributed by atoms with Gasteiger partial charge in [-0.1, -0.05) is 25.4 Å². The molecule has 3 aromatic rings. The summed E-state index contributed by atoms with van der Waals surface area (Å²) in [4.78, 5) is 17.1. The number of allylic oxidation sites excluding steroid dienone is 1. The molecule has 1 atom stereocenters. The van der Waals surface area contributed by atoms with E-state index in [4.69, 9.17) is 26.8 Å². The fourth-order valence-electron chi connectivity index (χ4n) is 4.17. The van der Waals surface area contributed by atoms with Crippen molar-refractivity contribution >= 4 is 34.2 Å². The number of anilines is 1. The number of esters is 1. The van der Waals surface area contributed by atoms with Crippen LogP contribution in [0.15, 0.2) is 41.9 Å². The molecule has 176 valence electrons. The summed E-state index contributed by atoms with van der Waals surface area (Å²) in [7, 11) is 0. The number of nitrogens with one attached hydrogen (secondary N) is 1. The van der Waals surface area contributed by atoms with Gasteiger partial charge in [-0.2, -0.15) is 10.4 Å². The van der Waals surface area contributed by atoms with E-state index in [1.807, 2.05) is 32.0 Å². The molecule has 10 heteroatoms. The van der Waals surface area contributed by atoms with Gasteiger partial charge >= 0.3 is 5.97 Å². The third kappa shape index (κ3) is 4.24. The third-order valence-electron chi connectivity index (χ3n) is 5.63. The van der Waals surface area contributed by atoms with E-state index in [1.54, 1.807) is 23.9 Å². The Morgan fingerprint density at radius 2 is 2.21 bits per heavy atom. The molecular weight excluding hydrogens is 456 g/mol. The quantitative estimate of drug-likeness (QED) is 0.481. The van der Waals surface area contributed by atoms with Crippen LogP contribution < -0.4 is 15.8 Å². The van der Waals surface area contributed by atoms with Crippen molar-refractivity contribution in [3.8, 4) is 11.9 Å². The van der Waals surface area contributed by atoms with Crippen molar-refractivity contribution in [2.24, 2.45) is 11.7 Å². The zero-order chi connectivity index (χ0) is 24.4. The van der Waals surface area contributed by atoms with E-state index in [1.165, 1.54) is 0 Å². The van der Waals surface area contributed by atoms with E-state index in [0.717, 1.165) is 16.6 Å². The largest absolute Gasteiger partial charge is 0.461 e.